The summed E-state index contributed by atoms with van der Waals surface area (Å²) in [5, 5.41) is 4.99. The summed E-state index contributed by atoms with van der Waals surface area (Å²) in [4.78, 5) is 26.1. The highest BCUT2D eigenvalue weighted by molar-refractivity contribution is 5.94. The molecule has 0 aliphatic heterocycles. The number of hydrogen-bond acceptors (Lipinski definition) is 3. The maximum absolute atomic E-state index is 13.7. The Morgan fingerprint density at radius 2 is 1.55 bits per heavy atom. The van der Waals surface area contributed by atoms with Crippen molar-refractivity contribution >= 4 is 23.2 Å². The molecular formula is C21H24F3N3O2. The molecule has 0 aromatic heterocycles. The van der Waals surface area contributed by atoms with Crippen LogP contribution in [0.1, 0.15) is 24.5 Å². The van der Waals surface area contributed by atoms with Crippen LogP contribution in [0.4, 0.5) is 24.5 Å². The van der Waals surface area contributed by atoms with Crippen molar-refractivity contribution in [3.05, 3.63) is 58.9 Å². The number of nitrogens with one attached hydrogen (secondary N) is 2. The van der Waals surface area contributed by atoms with E-state index in [0.29, 0.717) is 18.7 Å². The van der Waals surface area contributed by atoms with Crippen molar-refractivity contribution in [3.8, 4) is 0 Å². The topological polar surface area (TPSA) is 61.4 Å². The molecule has 2 rings (SSSR count). The van der Waals surface area contributed by atoms with Crippen molar-refractivity contribution in [2.45, 2.75) is 27.2 Å². The average Bonchev–Trinajstić information content (AvgIpc) is 2.65. The molecule has 0 aliphatic rings. The van der Waals surface area contributed by atoms with Gasteiger partial charge in [0, 0.05) is 5.69 Å². The molecule has 0 saturated carbocycles. The van der Waals surface area contributed by atoms with Crippen LogP contribution in [0.25, 0.3) is 0 Å². The summed E-state index contributed by atoms with van der Waals surface area (Å²) in [7, 11) is 0. The monoisotopic (exact) mass is 407 g/mol. The van der Waals surface area contributed by atoms with E-state index in [-0.39, 0.29) is 19.0 Å². The van der Waals surface area contributed by atoms with Gasteiger partial charge in [-0.05, 0) is 62.2 Å². The summed E-state index contributed by atoms with van der Waals surface area (Å²) in [5.74, 6) is -5.39. The van der Waals surface area contributed by atoms with E-state index in [1.165, 1.54) is 0 Å². The van der Waals surface area contributed by atoms with Gasteiger partial charge in [-0.2, -0.15) is 0 Å². The van der Waals surface area contributed by atoms with Crippen LogP contribution in [-0.4, -0.2) is 36.3 Å². The molecule has 0 unspecified atom stereocenters. The van der Waals surface area contributed by atoms with Gasteiger partial charge in [0.25, 0.3) is 0 Å². The fraction of sp³-hybridized carbons (Fsp3) is 0.333. The molecule has 0 saturated heterocycles. The Bertz CT molecular complexity index is 903. The largest absolute Gasteiger partial charge is 0.325 e. The van der Waals surface area contributed by atoms with Crippen molar-refractivity contribution in [1.82, 2.24) is 4.90 Å². The fourth-order valence-corrected chi connectivity index (χ4v) is 2.77. The van der Waals surface area contributed by atoms with Gasteiger partial charge in [-0.15, -0.1) is 0 Å². The van der Waals surface area contributed by atoms with Gasteiger partial charge in [0.2, 0.25) is 11.8 Å². The lowest BCUT2D eigenvalue weighted by atomic mass is 10.1. The third-order valence-corrected chi connectivity index (χ3v) is 4.37. The van der Waals surface area contributed by atoms with Gasteiger partial charge < -0.3 is 10.6 Å². The third-order valence-electron chi connectivity index (χ3n) is 4.37. The lowest BCUT2D eigenvalue weighted by Crippen LogP contribution is -2.39. The second-order valence-corrected chi connectivity index (χ2v) is 6.83. The van der Waals surface area contributed by atoms with Crippen LogP contribution in [0.5, 0.6) is 0 Å². The third kappa shape index (κ3) is 6.32. The molecule has 0 aliphatic carbocycles. The van der Waals surface area contributed by atoms with Gasteiger partial charge in [0.05, 0.1) is 18.8 Å². The molecule has 2 N–H and O–H groups in total. The molecule has 5 nitrogen and oxygen atoms in total. The molecule has 2 amide bonds. The number of carbonyl (C=O) groups excluding carboxylic acids is 2. The molecular weight excluding hydrogens is 383 g/mol. The van der Waals surface area contributed by atoms with Crippen molar-refractivity contribution in [2.75, 3.05) is 30.3 Å². The molecule has 0 radical (unpaired) electrons. The van der Waals surface area contributed by atoms with Gasteiger partial charge in [-0.3, -0.25) is 14.5 Å². The number of aryl methyl sites for hydroxylation is 2. The summed E-state index contributed by atoms with van der Waals surface area (Å²) in [6.07, 6.45) is 0.684. The van der Waals surface area contributed by atoms with E-state index in [1.54, 1.807) is 11.0 Å². The van der Waals surface area contributed by atoms with Crippen LogP contribution in [0.15, 0.2) is 30.3 Å². The fourth-order valence-electron chi connectivity index (χ4n) is 2.77. The van der Waals surface area contributed by atoms with Crippen molar-refractivity contribution in [2.24, 2.45) is 0 Å². The Labute approximate surface area is 167 Å². The minimum atomic E-state index is -1.65. The molecule has 2 aromatic carbocycles. The first-order valence-electron chi connectivity index (χ1n) is 9.24. The summed E-state index contributed by atoms with van der Waals surface area (Å²) < 4.78 is 40.0. The number of hydrogen-bond donors (Lipinski definition) is 2. The number of rotatable bonds is 8. The van der Waals surface area contributed by atoms with Crippen LogP contribution in [0.3, 0.4) is 0 Å². The normalized spacial score (nSPS) is 10.9. The number of benzene rings is 2. The average molecular weight is 407 g/mol. The van der Waals surface area contributed by atoms with Crippen LogP contribution in [-0.2, 0) is 9.59 Å². The van der Waals surface area contributed by atoms with E-state index < -0.39 is 29.0 Å². The van der Waals surface area contributed by atoms with Crippen LogP contribution >= 0.6 is 0 Å². The molecule has 29 heavy (non-hydrogen) atoms. The Balaban J connectivity index is 1.98. The molecule has 2 aromatic rings. The van der Waals surface area contributed by atoms with Gasteiger partial charge in [-0.1, -0.05) is 13.0 Å². The molecule has 8 heteroatoms. The molecule has 0 bridgehead atoms. The standard InChI is InChI=1S/C21H24F3N3O2/c1-4-9-27(11-18(28)25-15-6-5-13(2)14(3)10-15)12-19(29)26-17-8-7-16(22)20(23)21(17)24/h5-8,10H,4,9,11-12H2,1-3H3,(H,25,28)(H,26,29). The highest BCUT2D eigenvalue weighted by atomic mass is 19.2. The van der Waals surface area contributed by atoms with Gasteiger partial charge in [0.15, 0.2) is 17.5 Å². The quantitative estimate of drug-likeness (QED) is 0.650. The lowest BCUT2D eigenvalue weighted by Gasteiger charge is -2.21. The van der Waals surface area contributed by atoms with Crippen LogP contribution < -0.4 is 10.6 Å². The van der Waals surface area contributed by atoms with Gasteiger partial charge in [-0.25, -0.2) is 13.2 Å². The summed E-state index contributed by atoms with van der Waals surface area (Å²) in [6, 6.07) is 7.23. The molecule has 156 valence electrons. The second-order valence-electron chi connectivity index (χ2n) is 6.83. The molecule has 0 fully saturated rings. The zero-order chi connectivity index (χ0) is 21.6. The highest BCUT2D eigenvalue weighted by Gasteiger charge is 2.18. The van der Waals surface area contributed by atoms with Crippen molar-refractivity contribution < 1.29 is 22.8 Å². The predicted octanol–water partition coefficient (Wildman–Crippen LogP) is 4.01. The minimum Gasteiger partial charge on any atom is -0.325 e. The number of anilines is 2. The Hall–Kier alpha value is -2.87. The smallest absolute Gasteiger partial charge is 0.238 e. The molecule has 0 spiro atoms. The zero-order valence-corrected chi connectivity index (χ0v) is 16.6. The van der Waals surface area contributed by atoms with Crippen LogP contribution in [0, 0.1) is 31.3 Å². The van der Waals surface area contributed by atoms with Crippen molar-refractivity contribution in [3.63, 3.8) is 0 Å². The highest BCUT2D eigenvalue weighted by Crippen LogP contribution is 2.19. The van der Waals surface area contributed by atoms with Crippen LogP contribution in [0.2, 0.25) is 0 Å². The number of nitrogens with zero attached hydrogens (tertiary/aromatic N) is 1. The summed E-state index contributed by atoms with van der Waals surface area (Å²) in [6.45, 7) is 6.00. The summed E-state index contributed by atoms with van der Waals surface area (Å²) >= 11 is 0. The van der Waals surface area contributed by atoms with Gasteiger partial charge >= 0.3 is 0 Å². The number of carbonyl (C=O) groups is 2. The number of amides is 2. The maximum atomic E-state index is 13.7. The summed E-state index contributed by atoms with van der Waals surface area (Å²) in [5.41, 5.74) is 2.35. The minimum absolute atomic E-state index is 0.0472. The molecule has 0 heterocycles. The first kappa shape index (κ1) is 22.4. The van der Waals surface area contributed by atoms with Gasteiger partial charge in [0.1, 0.15) is 0 Å². The Kier molecular flexibility index (Phi) is 7.78. The zero-order valence-electron chi connectivity index (χ0n) is 16.6. The van der Waals surface area contributed by atoms with Crippen molar-refractivity contribution in [1.29, 1.82) is 0 Å². The first-order valence-corrected chi connectivity index (χ1v) is 9.24. The SMILES string of the molecule is CCCN(CC(=O)Nc1ccc(C)c(C)c1)CC(=O)Nc1ccc(F)c(F)c1F. The lowest BCUT2D eigenvalue weighted by molar-refractivity contribution is -0.120. The molecule has 0 atom stereocenters. The van der Waals surface area contributed by atoms with E-state index >= 15 is 0 Å². The Morgan fingerprint density at radius 1 is 0.897 bits per heavy atom. The van der Waals surface area contributed by atoms with E-state index in [4.69, 9.17) is 0 Å². The first-order chi connectivity index (χ1) is 13.7. The number of halogens is 3. The van der Waals surface area contributed by atoms with E-state index in [0.717, 1.165) is 23.3 Å². The van der Waals surface area contributed by atoms with E-state index in [2.05, 4.69) is 10.6 Å². The van der Waals surface area contributed by atoms with E-state index in [1.807, 2.05) is 32.9 Å². The predicted molar refractivity (Wildman–Crippen MR) is 106 cm³/mol. The second kappa shape index (κ2) is 10.1. The Morgan fingerprint density at radius 3 is 2.17 bits per heavy atom. The maximum Gasteiger partial charge on any atom is 0.238 e. The van der Waals surface area contributed by atoms with E-state index in [9.17, 15) is 22.8 Å².